The van der Waals surface area contributed by atoms with E-state index in [1.165, 1.54) is 108 Å². The van der Waals surface area contributed by atoms with Crippen molar-refractivity contribution in [2.75, 3.05) is 0 Å². The highest BCUT2D eigenvalue weighted by Gasteiger charge is 1.94. The van der Waals surface area contributed by atoms with E-state index in [0.717, 1.165) is 32.1 Å². The van der Waals surface area contributed by atoms with Gasteiger partial charge in [-0.25, -0.2) is 9.59 Å². The molecule has 0 spiro atoms. The molecular weight excluding hydrogens is 400 g/mol. The number of hydrogen-bond donors (Lipinski definition) is 2. The average molecular weight is 449 g/mol. The standard InChI is InChI=1S/C28H48O4/c29-27(30)25-23-21-19-17-15-13-11-9-7-5-3-1-2-4-6-8-10-12-14-16-18-20-22-24-26-28(31)32/h9,11,23-26H,1-8,10,12-22H2,(H,29,30)(H,31,32). The first-order valence-electron chi connectivity index (χ1n) is 13.1. The van der Waals surface area contributed by atoms with Crippen LogP contribution in [0, 0.1) is 0 Å². The van der Waals surface area contributed by atoms with Gasteiger partial charge in [0.15, 0.2) is 0 Å². The summed E-state index contributed by atoms with van der Waals surface area (Å²) in [5.74, 6) is -1.70. The molecule has 184 valence electrons. The van der Waals surface area contributed by atoms with Crippen molar-refractivity contribution in [2.45, 2.75) is 128 Å². The maximum Gasteiger partial charge on any atom is 0.327 e. The highest BCUT2D eigenvalue weighted by atomic mass is 16.4. The van der Waals surface area contributed by atoms with Crippen molar-refractivity contribution in [3.8, 4) is 0 Å². The molecule has 0 aliphatic heterocycles. The quantitative estimate of drug-likeness (QED) is 0.0880. The second kappa shape index (κ2) is 25.4. The first kappa shape index (κ1) is 30.2. The van der Waals surface area contributed by atoms with Crippen LogP contribution in [0.1, 0.15) is 128 Å². The maximum absolute atomic E-state index is 10.3. The topological polar surface area (TPSA) is 74.6 Å². The molecule has 0 bridgehead atoms. The van der Waals surface area contributed by atoms with Gasteiger partial charge in [-0.2, -0.15) is 0 Å². The summed E-state index contributed by atoms with van der Waals surface area (Å²) < 4.78 is 0. The minimum absolute atomic E-state index is 0.845. The molecule has 0 aromatic rings. The fourth-order valence-electron chi connectivity index (χ4n) is 3.77. The molecule has 0 radical (unpaired) electrons. The number of rotatable bonds is 24. The van der Waals surface area contributed by atoms with Gasteiger partial charge in [0.1, 0.15) is 0 Å². The van der Waals surface area contributed by atoms with E-state index in [4.69, 9.17) is 10.2 Å². The van der Waals surface area contributed by atoms with Crippen molar-refractivity contribution in [1.29, 1.82) is 0 Å². The molecule has 0 aliphatic rings. The van der Waals surface area contributed by atoms with Crippen LogP contribution in [0.25, 0.3) is 0 Å². The van der Waals surface area contributed by atoms with Crippen molar-refractivity contribution in [3.63, 3.8) is 0 Å². The molecule has 0 saturated heterocycles. The van der Waals surface area contributed by atoms with E-state index in [0.29, 0.717) is 0 Å². The second-order valence-corrected chi connectivity index (χ2v) is 8.76. The lowest BCUT2D eigenvalue weighted by Crippen LogP contribution is -1.86. The fourth-order valence-corrected chi connectivity index (χ4v) is 3.77. The molecule has 2 N–H and O–H groups in total. The zero-order valence-corrected chi connectivity index (χ0v) is 20.3. The van der Waals surface area contributed by atoms with E-state index in [-0.39, 0.29) is 0 Å². The Morgan fingerprint density at radius 1 is 0.375 bits per heavy atom. The van der Waals surface area contributed by atoms with E-state index >= 15 is 0 Å². The van der Waals surface area contributed by atoms with Gasteiger partial charge in [-0.15, -0.1) is 0 Å². The Balaban J connectivity index is 3.15. The minimum Gasteiger partial charge on any atom is -0.478 e. The summed E-state index contributed by atoms with van der Waals surface area (Å²) in [4.78, 5) is 20.7. The van der Waals surface area contributed by atoms with Gasteiger partial charge in [-0.1, -0.05) is 101 Å². The third-order valence-corrected chi connectivity index (χ3v) is 5.67. The van der Waals surface area contributed by atoms with Crippen LogP contribution < -0.4 is 0 Å². The van der Waals surface area contributed by atoms with Crippen LogP contribution in [-0.2, 0) is 9.59 Å². The van der Waals surface area contributed by atoms with Crippen LogP contribution in [0.5, 0.6) is 0 Å². The Bertz CT molecular complexity index is 520. The Labute approximate surface area is 196 Å². The van der Waals surface area contributed by atoms with Crippen molar-refractivity contribution in [2.24, 2.45) is 0 Å². The van der Waals surface area contributed by atoms with Crippen LogP contribution in [0.2, 0.25) is 0 Å². The van der Waals surface area contributed by atoms with Gasteiger partial charge in [0.2, 0.25) is 0 Å². The van der Waals surface area contributed by atoms with Crippen LogP contribution in [0.4, 0.5) is 0 Å². The molecule has 0 aromatic carbocycles. The predicted molar refractivity (Wildman–Crippen MR) is 135 cm³/mol. The van der Waals surface area contributed by atoms with E-state index in [1.807, 2.05) is 0 Å². The number of allylic oxidation sites excluding steroid dienone is 4. The summed E-state index contributed by atoms with van der Waals surface area (Å²) in [5.41, 5.74) is 0. The number of carboxylic acid groups (broad SMARTS) is 2. The Morgan fingerprint density at radius 3 is 0.875 bits per heavy atom. The Kier molecular flexibility index (Phi) is 24.0. The van der Waals surface area contributed by atoms with Gasteiger partial charge in [-0.05, 0) is 51.4 Å². The number of unbranched alkanes of at least 4 members (excludes halogenated alkanes) is 18. The molecule has 0 heterocycles. The fraction of sp³-hybridized carbons (Fsp3) is 0.714. The first-order chi connectivity index (χ1) is 15.6. The Morgan fingerprint density at radius 2 is 0.594 bits per heavy atom. The third kappa shape index (κ3) is 28.2. The molecule has 0 unspecified atom stereocenters. The molecule has 0 aromatic heterocycles. The molecule has 0 fully saturated rings. The van der Waals surface area contributed by atoms with Crippen LogP contribution in [0.15, 0.2) is 36.5 Å². The maximum atomic E-state index is 10.3. The minimum atomic E-state index is -0.853. The van der Waals surface area contributed by atoms with E-state index in [1.54, 1.807) is 12.2 Å². The van der Waals surface area contributed by atoms with Gasteiger partial charge in [-0.3, -0.25) is 0 Å². The van der Waals surface area contributed by atoms with E-state index < -0.39 is 11.9 Å². The number of carbonyl (C=O) groups is 2. The van der Waals surface area contributed by atoms with Crippen molar-refractivity contribution in [3.05, 3.63) is 36.5 Å². The summed E-state index contributed by atoms with van der Waals surface area (Å²) in [7, 11) is 0. The molecule has 4 nitrogen and oxygen atoms in total. The van der Waals surface area contributed by atoms with Gasteiger partial charge in [0.05, 0.1) is 0 Å². The number of carboxylic acids is 2. The normalized spacial score (nSPS) is 11.9. The molecule has 32 heavy (non-hydrogen) atoms. The van der Waals surface area contributed by atoms with Gasteiger partial charge >= 0.3 is 11.9 Å². The van der Waals surface area contributed by atoms with E-state index in [2.05, 4.69) is 12.2 Å². The smallest absolute Gasteiger partial charge is 0.327 e. The molecule has 0 saturated carbocycles. The largest absolute Gasteiger partial charge is 0.478 e. The summed E-state index contributed by atoms with van der Waals surface area (Å²) >= 11 is 0. The molecule has 0 atom stereocenters. The highest BCUT2D eigenvalue weighted by molar-refractivity contribution is 5.79. The van der Waals surface area contributed by atoms with Gasteiger partial charge < -0.3 is 10.2 Å². The van der Waals surface area contributed by atoms with Crippen molar-refractivity contribution in [1.82, 2.24) is 0 Å². The predicted octanol–water partition coefficient (Wildman–Crippen LogP) is 8.63. The lowest BCUT2D eigenvalue weighted by Gasteiger charge is -2.03. The zero-order chi connectivity index (χ0) is 23.5. The SMILES string of the molecule is O=C(O)C=CCCCCCC=CCCCCCCCCCCCCCCCC=CC(=O)O. The van der Waals surface area contributed by atoms with Crippen LogP contribution in [-0.4, -0.2) is 22.2 Å². The third-order valence-electron chi connectivity index (χ3n) is 5.67. The van der Waals surface area contributed by atoms with Crippen molar-refractivity contribution < 1.29 is 19.8 Å². The van der Waals surface area contributed by atoms with Crippen LogP contribution in [0.3, 0.4) is 0 Å². The van der Waals surface area contributed by atoms with Gasteiger partial charge in [0.25, 0.3) is 0 Å². The van der Waals surface area contributed by atoms with E-state index in [9.17, 15) is 9.59 Å². The lowest BCUT2D eigenvalue weighted by molar-refractivity contribution is -0.132. The molecular formula is C28H48O4. The van der Waals surface area contributed by atoms with Crippen molar-refractivity contribution >= 4 is 11.9 Å². The summed E-state index contributed by atoms with van der Waals surface area (Å²) in [6.07, 6.45) is 35.4. The molecule has 0 amide bonds. The summed E-state index contributed by atoms with van der Waals surface area (Å²) in [6.45, 7) is 0. The monoisotopic (exact) mass is 448 g/mol. The number of hydrogen-bond acceptors (Lipinski definition) is 2. The van der Waals surface area contributed by atoms with Crippen LogP contribution >= 0.6 is 0 Å². The molecule has 0 aliphatic carbocycles. The van der Waals surface area contributed by atoms with Gasteiger partial charge in [0, 0.05) is 12.2 Å². The highest BCUT2D eigenvalue weighted by Crippen LogP contribution is 2.14. The zero-order valence-electron chi connectivity index (χ0n) is 20.3. The molecule has 0 rings (SSSR count). The molecule has 4 heteroatoms. The number of aliphatic carboxylic acids is 2. The lowest BCUT2D eigenvalue weighted by atomic mass is 10.0. The summed E-state index contributed by atoms with van der Waals surface area (Å²) in [6, 6.07) is 0. The first-order valence-corrected chi connectivity index (χ1v) is 13.1. The second-order valence-electron chi connectivity index (χ2n) is 8.76. The summed E-state index contributed by atoms with van der Waals surface area (Å²) in [5, 5.41) is 17.0. The average Bonchev–Trinajstić information content (AvgIpc) is 2.75. The Hall–Kier alpha value is -1.84.